The second kappa shape index (κ2) is 13.0. The highest BCUT2D eigenvalue weighted by Gasteiger charge is 2.24. The molecular weight excluding hydrogens is 486 g/mol. The largest absolute Gasteiger partial charge is 0.494 e. The lowest BCUT2D eigenvalue weighted by Gasteiger charge is -2.24. The Bertz CT molecular complexity index is 1060. The van der Waals surface area contributed by atoms with Gasteiger partial charge in [-0.15, -0.1) is 12.4 Å². The molecule has 9 heteroatoms. The molecule has 0 saturated heterocycles. The Morgan fingerprint density at radius 3 is 2.43 bits per heavy atom. The zero-order valence-electron chi connectivity index (χ0n) is 20.6. The predicted molar refractivity (Wildman–Crippen MR) is 144 cm³/mol. The van der Waals surface area contributed by atoms with E-state index in [1.54, 1.807) is 4.90 Å². The maximum atomic E-state index is 13.6. The van der Waals surface area contributed by atoms with E-state index in [2.05, 4.69) is 25.7 Å². The molecular formula is C26H34ClN3O4S. The number of likely N-dealkylation sites (N-methyl/N-ethyl adjacent to an activating group) is 1. The Kier molecular flexibility index (Phi) is 10.0. The summed E-state index contributed by atoms with van der Waals surface area (Å²) in [5, 5.41) is 0.677. The summed E-state index contributed by atoms with van der Waals surface area (Å²) in [6.45, 7) is 10.6. The molecule has 35 heavy (non-hydrogen) atoms. The van der Waals surface area contributed by atoms with E-state index < -0.39 is 0 Å². The van der Waals surface area contributed by atoms with Crippen molar-refractivity contribution in [3.63, 3.8) is 0 Å². The third-order valence-corrected chi connectivity index (χ3v) is 7.04. The Hall–Kier alpha value is -2.55. The lowest BCUT2D eigenvalue weighted by Crippen LogP contribution is -2.38. The number of benzene rings is 2. The molecule has 2 aromatic carbocycles. The molecule has 1 amide bonds. The van der Waals surface area contributed by atoms with E-state index in [4.69, 9.17) is 19.2 Å². The van der Waals surface area contributed by atoms with Crippen LogP contribution in [-0.4, -0.2) is 55.4 Å². The number of ether oxygens (including phenoxy) is 3. The molecule has 0 bridgehead atoms. The van der Waals surface area contributed by atoms with Crippen molar-refractivity contribution in [3.05, 3.63) is 42.0 Å². The van der Waals surface area contributed by atoms with Gasteiger partial charge in [0.1, 0.15) is 5.75 Å². The topological polar surface area (TPSA) is 64.1 Å². The highest BCUT2D eigenvalue weighted by Crippen LogP contribution is 2.40. The normalized spacial score (nSPS) is 12.1. The van der Waals surface area contributed by atoms with Crippen molar-refractivity contribution >= 4 is 45.0 Å². The lowest BCUT2D eigenvalue weighted by molar-refractivity contribution is 0.0983. The van der Waals surface area contributed by atoms with Gasteiger partial charge in [-0.3, -0.25) is 9.69 Å². The summed E-state index contributed by atoms with van der Waals surface area (Å²) in [6.07, 6.45) is 3.35. The molecule has 1 aromatic heterocycles. The molecule has 2 heterocycles. The fourth-order valence-corrected chi connectivity index (χ4v) is 4.88. The van der Waals surface area contributed by atoms with Gasteiger partial charge in [-0.25, -0.2) is 4.98 Å². The van der Waals surface area contributed by atoms with Crippen LogP contribution in [0.1, 0.15) is 50.4 Å². The van der Waals surface area contributed by atoms with Gasteiger partial charge in [0.25, 0.3) is 5.91 Å². The first kappa shape index (κ1) is 27.0. The molecule has 0 radical (unpaired) electrons. The average Bonchev–Trinajstić information content (AvgIpc) is 3.49. The van der Waals surface area contributed by atoms with E-state index in [0.717, 1.165) is 60.6 Å². The Morgan fingerprint density at radius 2 is 1.74 bits per heavy atom. The fraction of sp³-hybridized carbons (Fsp3) is 0.462. The SMILES string of the molecule is CCCCCOc1ccc(C(=O)N(CCN(CC)CC)c2nc3cc4c(cc3s2)OCO4)cc1.Cl. The number of thiazole rings is 1. The smallest absolute Gasteiger partial charge is 0.260 e. The van der Waals surface area contributed by atoms with Crippen LogP contribution in [-0.2, 0) is 0 Å². The number of hydrogen-bond donors (Lipinski definition) is 0. The summed E-state index contributed by atoms with van der Waals surface area (Å²) < 4.78 is 17.8. The van der Waals surface area contributed by atoms with Crippen molar-refractivity contribution in [2.75, 3.05) is 44.5 Å². The Balaban J connectivity index is 0.00000342. The summed E-state index contributed by atoms with van der Waals surface area (Å²) in [5.41, 5.74) is 1.43. The summed E-state index contributed by atoms with van der Waals surface area (Å²) >= 11 is 1.50. The van der Waals surface area contributed by atoms with Crippen molar-refractivity contribution in [1.82, 2.24) is 9.88 Å². The van der Waals surface area contributed by atoms with E-state index in [-0.39, 0.29) is 25.1 Å². The van der Waals surface area contributed by atoms with Crippen LogP contribution in [0.4, 0.5) is 5.13 Å². The van der Waals surface area contributed by atoms with Gasteiger partial charge in [-0.2, -0.15) is 0 Å². The number of aromatic nitrogens is 1. The molecule has 0 unspecified atom stereocenters. The van der Waals surface area contributed by atoms with Gasteiger partial charge >= 0.3 is 0 Å². The van der Waals surface area contributed by atoms with Crippen LogP contribution in [0, 0.1) is 0 Å². The van der Waals surface area contributed by atoms with Gasteiger partial charge in [-0.1, -0.05) is 44.9 Å². The van der Waals surface area contributed by atoms with Gasteiger partial charge in [0.05, 0.1) is 16.8 Å². The van der Waals surface area contributed by atoms with Crippen LogP contribution in [0.2, 0.25) is 0 Å². The zero-order chi connectivity index (χ0) is 23.9. The average molecular weight is 520 g/mol. The number of hydrogen-bond acceptors (Lipinski definition) is 7. The monoisotopic (exact) mass is 519 g/mol. The Labute approximate surface area is 217 Å². The number of amides is 1. The number of halogens is 1. The van der Waals surface area contributed by atoms with Gasteiger partial charge in [-0.05, 0) is 43.8 Å². The van der Waals surface area contributed by atoms with Crippen molar-refractivity contribution in [3.8, 4) is 17.2 Å². The van der Waals surface area contributed by atoms with Crippen molar-refractivity contribution in [2.45, 2.75) is 40.0 Å². The molecule has 0 spiro atoms. The molecule has 3 aromatic rings. The number of carbonyl (C=O) groups is 1. The molecule has 0 N–H and O–H groups in total. The molecule has 0 aliphatic carbocycles. The number of rotatable bonds is 12. The summed E-state index contributed by atoms with van der Waals surface area (Å²) in [5.74, 6) is 2.14. The maximum Gasteiger partial charge on any atom is 0.260 e. The number of unbranched alkanes of at least 4 members (excludes halogenated alkanes) is 2. The van der Waals surface area contributed by atoms with E-state index in [1.165, 1.54) is 11.3 Å². The van der Waals surface area contributed by atoms with Gasteiger partial charge in [0.15, 0.2) is 16.6 Å². The standard InChI is InChI=1S/C26H33N3O4S.ClH/c1-4-7-8-15-31-20-11-9-19(10-12-20)25(30)29(14-13-28(5-2)6-3)26-27-21-16-22-23(33-18-32-22)17-24(21)34-26;/h9-12,16-17H,4-8,13-15,18H2,1-3H3;1H. The first-order valence-electron chi connectivity index (χ1n) is 12.1. The second-order valence-corrected chi connectivity index (χ2v) is 9.24. The number of carbonyl (C=O) groups excluding carboxylic acids is 1. The van der Waals surface area contributed by atoms with Crippen molar-refractivity contribution in [1.29, 1.82) is 0 Å². The van der Waals surface area contributed by atoms with Gasteiger partial charge < -0.3 is 19.1 Å². The molecule has 4 rings (SSSR count). The number of fused-ring (bicyclic) bond motifs is 2. The molecule has 0 fully saturated rings. The molecule has 190 valence electrons. The minimum atomic E-state index is -0.0659. The second-order valence-electron chi connectivity index (χ2n) is 8.23. The number of nitrogens with zero attached hydrogens (tertiary/aromatic N) is 3. The van der Waals surface area contributed by atoms with Crippen LogP contribution in [0.15, 0.2) is 36.4 Å². The van der Waals surface area contributed by atoms with Gasteiger partial charge in [0, 0.05) is 30.8 Å². The molecule has 0 atom stereocenters. The zero-order valence-corrected chi connectivity index (χ0v) is 22.3. The molecule has 7 nitrogen and oxygen atoms in total. The Morgan fingerprint density at radius 1 is 1.03 bits per heavy atom. The van der Waals surface area contributed by atoms with E-state index >= 15 is 0 Å². The number of anilines is 1. The van der Waals surface area contributed by atoms with Crippen LogP contribution >= 0.6 is 23.7 Å². The summed E-state index contributed by atoms with van der Waals surface area (Å²) in [4.78, 5) is 22.5. The van der Waals surface area contributed by atoms with Crippen molar-refractivity contribution in [2.24, 2.45) is 0 Å². The van der Waals surface area contributed by atoms with E-state index in [1.807, 2.05) is 36.4 Å². The highest BCUT2D eigenvalue weighted by molar-refractivity contribution is 7.22. The third kappa shape index (κ3) is 6.57. The predicted octanol–water partition coefficient (Wildman–Crippen LogP) is 6.00. The summed E-state index contributed by atoms with van der Waals surface area (Å²) in [6, 6.07) is 11.3. The third-order valence-electron chi connectivity index (χ3n) is 6.00. The molecule has 1 aliphatic rings. The highest BCUT2D eigenvalue weighted by atomic mass is 35.5. The van der Waals surface area contributed by atoms with Crippen molar-refractivity contribution < 1.29 is 19.0 Å². The van der Waals surface area contributed by atoms with E-state index in [9.17, 15) is 4.79 Å². The lowest BCUT2D eigenvalue weighted by atomic mass is 10.2. The van der Waals surface area contributed by atoms with Crippen LogP contribution in [0.25, 0.3) is 10.2 Å². The van der Waals surface area contributed by atoms with E-state index in [0.29, 0.717) is 29.6 Å². The quantitative estimate of drug-likeness (QED) is 0.273. The summed E-state index contributed by atoms with van der Waals surface area (Å²) in [7, 11) is 0. The first-order valence-corrected chi connectivity index (χ1v) is 12.9. The fourth-order valence-electron chi connectivity index (χ4n) is 3.88. The maximum absolute atomic E-state index is 13.6. The van der Waals surface area contributed by atoms with Gasteiger partial charge in [0.2, 0.25) is 6.79 Å². The molecule has 0 saturated carbocycles. The first-order chi connectivity index (χ1) is 16.6. The van der Waals surface area contributed by atoms with Crippen LogP contribution < -0.4 is 19.1 Å². The minimum absolute atomic E-state index is 0. The van der Waals surface area contributed by atoms with Crippen LogP contribution in [0.5, 0.6) is 17.2 Å². The molecule has 1 aliphatic heterocycles. The van der Waals surface area contributed by atoms with Crippen LogP contribution in [0.3, 0.4) is 0 Å². The minimum Gasteiger partial charge on any atom is -0.494 e.